The maximum Gasteiger partial charge on any atom is 0.252 e. The van der Waals surface area contributed by atoms with Gasteiger partial charge in [-0.05, 0) is 46.4 Å². The molecule has 0 heterocycles. The lowest BCUT2D eigenvalue weighted by Crippen LogP contribution is -2.23. The molecule has 3 aromatic carbocycles. The van der Waals surface area contributed by atoms with E-state index in [1.807, 2.05) is 36.4 Å². The smallest absolute Gasteiger partial charge is 0.252 e. The van der Waals surface area contributed by atoms with Gasteiger partial charge in [-0.15, -0.1) is 0 Å². The fraction of sp³-hybridized carbons (Fsp3) is 0.150. The van der Waals surface area contributed by atoms with E-state index < -0.39 is 0 Å². The van der Waals surface area contributed by atoms with Gasteiger partial charge in [-0.3, -0.25) is 4.79 Å². The van der Waals surface area contributed by atoms with Crippen molar-refractivity contribution < 1.29 is 4.79 Å². The molecule has 0 unspecified atom stereocenters. The third kappa shape index (κ3) is 2.17. The second-order valence-electron chi connectivity index (χ2n) is 5.78. The van der Waals surface area contributed by atoms with Crippen LogP contribution in [0.15, 0.2) is 60.7 Å². The molecule has 0 spiro atoms. The van der Waals surface area contributed by atoms with Gasteiger partial charge in [0.05, 0.1) is 0 Å². The van der Waals surface area contributed by atoms with Crippen LogP contribution < -0.4 is 5.32 Å². The van der Waals surface area contributed by atoms with Gasteiger partial charge in [0.25, 0.3) is 5.91 Å². The van der Waals surface area contributed by atoms with E-state index in [2.05, 4.69) is 29.6 Å². The number of aryl methyl sites for hydroxylation is 2. The molecular weight excluding hydrogens is 270 g/mol. The number of benzene rings is 3. The highest BCUT2D eigenvalue weighted by Gasteiger charge is 2.18. The fourth-order valence-electron chi connectivity index (χ4n) is 3.32. The van der Waals surface area contributed by atoms with Crippen molar-refractivity contribution in [3.63, 3.8) is 0 Å². The molecule has 3 aromatic rings. The second kappa shape index (κ2) is 5.30. The maximum atomic E-state index is 12.6. The van der Waals surface area contributed by atoms with Gasteiger partial charge in [-0.25, -0.2) is 0 Å². The Morgan fingerprint density at radius 1 is 0.864 bits per heavy atom. The molecule has 0 aliphatic heterocycles. The SMILES string of the molecule is O=C(NCc1ccccc1)c1ccc2c3c(cccc13)CC2. The number of carbonyl (C=O) groups excluding carboxylic acids is 1. The molecule has 0 bridgehead atoms. The Hall–Kier alpha value is -2.61. The average Bonchev–Trinajstić information content (AvgIpc) is 2.99. The Labute approximate surface area is 129 Å². The highest BCUT2D eigenvalue weighted by Crippen LogP contribution is 2.32. The van der Waals surface area contributed by atoms with Gasteiger partial charge < -0.3 is 5.32 Å². The summed E-state index contributed by atoms with van der Waals surface area (Å²) in [5.41, 5.74) is 4.62. The fourth-order valence-corrected chi connectivity index (χ4v) is 3.32. The Bertz CT molecular complexity index is 842. The Kier molecular flexibility index (Phi) is 3.15. The molecule has 0 atom stereocenters. The minimum atomic E-state index is -0.000506. The molecule has 1 aliphatic rings. The monoisotopic (exact) mass is 287 g/mol. The molecule has 0 saturated heterocycles. The maximum absolute atomic E-state index is 12.6. The predicted octanol–water partition coefficient (Wildman–Crippen LogP) is 3.87. The van der Waals surface area contributed by atoms with E-state index in [1.165, 1.54) is 16.5 Å². The lowest BCUT2D eigenvalue weighted by atomic mass is 9.99. The van der Waals surface area contributed by atoms with Crippen LogP contribution in [0.1, 0.15) is 27.0 Å². The number of hydrogen-bond donors (Lipinski definition) is 1. The zero-order valence-corrected chi connectivity index (χ0v) is 12.3. The van der Waals surface area contributed by atoms with Gasteiger partial charge >= 0.3 is 0 Å². The van der Waals surface area contributed by atoms with Gasteiger partial charge in [0.2, 0.25) is 0 Å². The number of hydrogen-bond acceptors (Lipinski definition) is 1. The first kappa shape index (κ1) is 13.1. The summed E-state index contributed by atoms with van der Waals surface area (Å²) in [5, 5.41) is 5.40. The highest BCUT2D eigenvalue weighted by atomic mass is 16.1. The van der Waals surface area contributed by atoms with Crippen LogP contribution in [0.2, 0.25) is 0 Å². The van der Waals surface area contributed by atoms with E-state index in [1.54, 1.807) is 0 Å². The average molecular weight is 287 g/mol. The summed E-state index contributed by atoms with van der Waals surface area (Å²) in [6.07, 6.45) is 2.17. The lowest BCUT2D eigenvalue weighted by molar-refractivity contribution is 0.0952. The van der Waals surface area contributed by atoms with Crippen LogP contribution in [0.5, 0.6) is 0 Å². The first-order valence-corrected chi connectivity index (χ1v) is 7.68. The summed E-state index contributed by atoms with van der Waals surface area (Å²) >= 11 is 0. The van der Waals surface area contributed by atoms with Crippen molar-refractivity contribution >= 4 is 16.7 Å². The highest BCUT2D eigenvalue weighted by molar-refractivity contribution is 6.09. The Balaban J connectivity index is 1.66. The molecule has 0 aromatic heterocycles. The summed E-state index contributed by atoms with van der Waals surface area (Å²) in [5.74, 6) is -0.000506. The molecule has 4 rings (SSSR count). The van der Waals surface area contributed by atoms with Crippen LogP contribution >= 0.6 is 0 Å². The molecule has 0 saturated carbocycles. The number of amides is 1. The Morgan fingerprint density at radius 2 is 1.64 bits per heavy atom. The third-order valence-corrected chi connectivity index (χ3v) is 4.42. The summed E-state index contributed by atoms with van der Waals surface area (Å²) in [6.45, 7) is 0.558. The van der Waals surface area contributed by atoms with Crippen LogP contribution in [0.4, 0.5) is 0 Å². The number of carbonyl (C=O) groups is 1. The largest absolute Gasteiger partial charge is 0.348 e. The summed E-state index contributed by atoms with van der Waals surface area (Å²) in [6, 6.07) is 20.4. The minimum Gasteiger partial charge on any atom is -0.348 e. The van der Waals surface area contributed by atoms with Gasteiger partial charge in [-0.2, -0.15) is 0 Å². The van der Waals surface area contributed by atoms with Gasteiger partial charge in [-0.1, -0.05) is 54.6 Å². The molecule has 0 radical (unpaired) electrons. The summed E-state index contributed by atoms with van der Waals surface area (Å²) in [4.78, 5) is 12.6. The lowest BCUT2D eigenvalue weighted by Gasteiger charge is -2.10. The van der Waals surface area contributed by atoms with E-state index in [0.29, 0.717) is 6.54 Å². The van der Waals surface area contributed by atoms with Crippen LogP contribution in [0.3, 0.4) is 0 Å². The molecule has 1 aliphatic carbocycles. The van der Waals surface area contributed by atoms with Crippen molar-refractivity contribution in [1.29, 1.82) is 0 Å². The van der Waals surface area contributed by atoms with E-state index in [-0.39, 0.29) is 5.91 Å². The van der Waals surface area contributed by atoms with Crippen molar-refractivity contribution in [3.8, 4) is 0 Å². The van der Waals surface area contributed by atoms with Crippen LogP contribution in [-0.2, 0) is 19.4 Å². The van der Waals surface area contributed by atoms with E-state index in [0.717, 1.165) is 29.4 Å². The second-order valence-corrected chi connectivity index (χ2v) is 5.78. The third-order valence-electron chi connectivity index (χ3n) is 4.42. The quantitative estimate of drug-likeness (QED) is 0.778. The van der Waals surface area contributed by atoms with Crippen molar-refractivity contribution in [3.05, 3.63) is 82.9 Å². The van der Waals surface area contributed by atoms with Crippen molar-refractivity contribution in [2.24, 2.45) is 0 Å². The zero-order chi connectivity index (χ0) is 14.9. The molecule has 2 heteroatoms. The van der Waals surface area contributed by atoms with E-state index in [4.69, 9.17) is 0 Å². The normalized spacial score (nSPS) is 12.5. The first-order valence-electron chi connectivity index (χ1n) is 7.68. The predicted molar refractivity (Wildman–Crippen MR) is 89.0 cm³/mol. The van der Waals surface area contributed by atoms with Gasteiger partial charge in [0, 0.05) is 12.1 Å². The number of nitrogens with one attached hydrogen (secondary N) is 1. The topological polar surface area (TPSA) is 29.1 Å². The molecule has 1 amide bonds. The minimum absolute atomic E-state index is 0.000506. The van der Waals surface area contributed by atoms with E-state index in [9.17, 15) is 4.79 Å². The van der Waals surface area contributed by atoms with Gasteiger partial charge in [0.15, 0.2) is 0 Å². The molecule has 108 valence electrons. The molecule has 22 heavy (non-hydrogen) atoms. The van der Waals surface area contributed by atoms with Crippen molar-refractivity contribution in [2.45, 2.75) is 19.4 Å². The standard InChI is InChI=1S/C20H17NO/c22-20(21-13-14-5-2-1-3-6-14)18-12-11-16-10-9-15-7-4-8-17(18)19(15)16/h1-8,11-12H,9-10,13H2,(H,21,22). The van der Waals surface area contributed by atoms with Crippen LogP contribution in [0, 0.1) is 0 Å². The molecule has 2 nitrogen and oxygen atoms in total. The zero-order valence-electron chi connectivity index (χ0n) is 12.3. The van der Waals surface area contributed by atoms with Crippen molar-refractivity contribution in [1.82, 2.24) is 5.32 Å². The summed E-state index contributed by atoms with van der Waals surface area (Å²) in [7, 11) is 0. The van der Waals surface area contributed by atoms with Crippen molar-refractivity contribution in [2.75, 3.05) is 0 Å². The summed E-state index contributed by atoms with van der Waals surface area (Å²) < 4.78 is 0. The van der Waals surface area contributed by atoms with Crippen LogP contribution in [-0.4, -0.2) is 5.91 Å². The molecule has 1 N–H and O–H groups in total. The Morgan fingerprint density at radius 3 is 2.45 bits per heavy atom. The molecular formula is C20H17NO. The first-order chi connectivity index (χ1) is 10.8. The number of rotatable bonds is 3. The van der Waals surface area contributed by atoms with Crippen LogP contribution in [0.25, 0.3) is 10.8 Å². The van der Waals surface area contributed by atoms with E-state index >= 15 is 0 Å². The van der Waals surface area contributed by atoms with Gasteiger partial charge in [0.1, 0.15) is 0 Å². The molecule has 0 fully saturated rings.